The van der Waals surface area contributed by atoms with Crippen molar-refractivity contribution in [3.63, 3.8) is 0 Å². The number of aromatic nitrogens is 4. The van der Waals surface area contributed by atoms with Crippen molar-refractivity contribution in [1.82, 2.24) is 19.7 Å². The molecular weight excluding hydrogens is 418 g/mol. The lowest BCUT2D eigenvalue weighted by Gasteiger charge is -2.38. The van der Waals surface area contributed by atoms with Crippen molar-refractivity contribution < 1.29 is 4.74 Å². The molecule has 0 spiro atoms. The standard InChI is InChI=1S/C21H24BrN5O/c1-15-10-16(2)27(26-15)20-13-23-12-19(25-20)24-14-21(6-8-28-9-7-21)17-4-3-5-18(22)11-17/h3-5,10-13H,6-9,14H2,1-2H3,(H,24,25). The Morgan fingerprint density at radius 1 is 1.18 bits per heavy atom. The molecule has 0 saturated carbocycles. The molecule has 1 N–H and O–H groups in total. The van der Waals surface area contributed by atoms with Crippen LogP contribution >= 0.6 is 15.9 Å². The van der Waals surface area contributed by atoms with Crippen LogP contribution < -0.4 is 5.32 Å². The third kappa shape index (κ3) is 3.95. The summed E-state index contributed by atoms with van der Waals surface area (Å²) in [4.78, 5) is 9.10. The Morgan fingerprint density at radius 3 is 2.71 bits per heavy atom. The Balaban J connectivity index is 1.58. The molecule has 1 aromatic carbocycles. The zero-order valence-corrected chi connectivity index (χ0v) is 17.7. The van der Waals surface area contributed by atoms with Gasteiger partial charge in [-0.3, -0.25) is 4.98 Å². The first-order valence-corrected chi connectivity index (χ1v) is 10.3. The largest absolute Gasteiger partial charge is 0.381 e. The molecule has 7 heteroatoms. The second kappa shape index (κ2) is 8.01. The molecule has 2 aromatic heterocycles. The number of hydrogen-bond donors (Lipinski definition) is 1. The quantitative estimate of drug-likeness (QED) is 0.642. The fourth-order valence-electron chi connectivity index (χ4n) is 3.81. The van der Waals surface area contributed by atoms with Crippen LogP contribution in [0, 0.1) is 13.8 Å². The van der Waals surface area contributed by atoms with Gasteiger partial charge in [-0.2, -0.15) is 5.10 Å². The Labute approximate surface area is 173 Å². The summed E-state index contributed by atoms with van der Waals surface area (Å²) in [6.07, 6.45) is 5.45. The average molecular weight is 442 g/mol. The maximum atomic E-state index is 5.64. The highest BCUT2D eigenvalue weighted by molar-refractivity contribution is 9.10. The van der Waals surface area contributed by atoms with Gasteiger partial charge in [-0.1, -0.05) is 28.1 Å². The number of aryl methyl sites for hydroxylation is 2. The van der Waals surface area contributed by atoms with Crippen LogP contribution in [-0.2, 0) is 10.2 Å². The molecule has 3 heterocycles. The highest BCUT2D eigenvalue weighted by Crippen LogP contribution is 2.36. The Bertz CT molecular complexity index is 965. The van der Waals surface area contributed by atoms with Crippen molar-refractivity contribution in [2.45, 2.75) is 32.1 Å². The summed E-state index contributed by atoms with van der Waals surface area (Å²) in [6.45, 7) is 6.32. The Kier molecular flexibility index (Phi) is 5.46. The predicted molar refractivity (Wildman–Crippen MR) is 113 cm³/mol. The van der Waals surface area contributed by atoms with Crippen molar-refractivity contribution in [3.8, 4) is 5.82 Å². The SMILES string of the molecule is Cc1cc(C)n(-c2cncc(NCC3(c4cccc(Br)c4)CCOCC3)n2)n1. The van der Waals surface area contributed by atoms with E-state index in [1.165, 1.54) is 5.56 Å². The highest BCUT2D eigenvalue weighted by Gasteiger charge is 2.34. The first-order valence-electron chi connectivity index (χ1n) is 9.49. The zero-order valence-electron chi connectivity index (χ0n) is 16.2. The topological polar surface area (TPSA) is 64.9 Å². The molecule has 0 aliphatic carbocycles. The van der Waals surface area contributed by atoms with Gasteiger partial charge in [0.05, 0.1) is 18.1 Å². The van der Waals surface area contributed by atoms with Crippen LogP contribution in [0.5, 0.6) is 0 Å². The van der Waals surface area contributed by atoms with Gasteiger partial charge in [0, 0.05) is 35.3 Å². The summed E-state index contributed by atoms with van der Waals surface area (Å²) < 4.78 is 8.57. The van der Waals surface area contributed by atoms with Gasteiger partial charge in [0.2, 0.25) is 0 Å². The lowest BCUT2D eigenvalue weighted by Crippen LogP contribution is -2.40. The summed E-state index contributed by atoms with van der Waals surface area (Å²) in [5.41, 5.74) is 3.34. The maximum Gasteiger partial charge on any atom is 0.174 e. The average Bonchev–Trinajstić information content (AvgIpc) is 3.05. The molecule has 0 radical (unpaired) electrons. The first-order chi connectivity index (χ1) is 13.6. The third-order valence-corrected chi connectivity index (χ3v) is 5.84. The summed E-state index contributed by atoms with van der Waals surface area (Å²) in [7, 11) is 0. The van der Waals surface area contributed by atoms with Crippen LogP contribution in [0.25, 0.3) is 5.82 Å². The maximum absolute atomic E-state index is 5.64. The molecule has 1 fully saturated rings. The van der Waals surface area contributed by atoms with E-state index in [9.17, 15) is 0 Å². The van der Waals surface area contributed by atoms with Gasteiger partial charge in [-0.05, 0) is 50.5 Å². The van der Waals surface area contributed by atoms with Crippen LogP contribution in [0.3, 0.4) is 0 Å². The molecular formula is C21H24BrN5O. The minimum Gasteiger partial charge on any atom is -0.381 e. The molecule has 1 aliphatic heterocycles. The van der Waals surface area contributed by atoms with Crippen LogP contribution in [0.4, 0.5) is 5.82 Å². The first kappa shape index (κ1) is 19.1. The van der Waals surface area contributed by atoms with E-state index in [1.54, 1.807) is 12.4 Å². The number of nitrogens with zero attached hydrogens (tertiary/aromatic N) is 4. The lowest BCUT2D eigenvalue weighted by molar-refractivity contribution is 0.0543. The Morgan fingerprint density at radius 2 is 2.00 bits per heavy atom. The van der Waals surface area contributed by atoms with E-state index in [-0.39, 0.29) is 5.41 Å². The van der Waals surface area contributed by atoms with Gasteiger partial charge in [0.25, 0.3) is 0 Å². The van der Waals surface area contributed by atoms with E-state index in [0.717, 1.165) is 60.1 Å². The van der Waals surface area contributed by atoms with Gasteiger partial charge in [0.15, 0.2) is 5.82 Å². The summed E-state index contributed by atoms with van der Waals surface area (Å²) in [5, 5.41) is 8.03. The second-order valence-corrected chi connectivity index (χ2v) is 8.27. The van der Waals surface area contributed by atoms with Crippen molar-refractivity contribution >= 4 is 21.7 Å². The summed E-state index contributed by atoms with van der Waals surface area (Å²) in [5.74, 6) is 1.48. The molecule has 0 unspecified atom stereocenters. The van der Waals surface area contributed by atoms with Crippen molar-refractivity contribution in [2.24, 2.45) is 0 Å². The summed E-state index contributed by atoms with van der Waals surface area (Å²) in [6, 6.07) is 10.6. The molecule has 4 rings (SSSR count). The fourth-order valence-corrected chi connectivity index (χ4v) is 4.21. The second-order valence-electron chi connectivity index (χ2n) is 7.36. The molecule has 0 amide bonds. The number of benzene rings is 1. The van der Waals surface area contributed by atoms with Crippen LogP contribution in [-0.4, -0.2) is 39.5 Å². The molecule has 6 nitrogen and oxygen atoms in total. The number of halogens is 1. The van der Waals surface area contributed by atoms with E-state index in [1.807, 2.05) is 24.6 Å². The van der Waals surface area contributed by atoms with Crippen molar-refractivity contribution in [2.75, 3.05) is 25.1 Å². The zero-order chi connectivity index (χ0) is 19.6. The van der Waals surface area contributed by atoms with Crippen molar-refractivity contribution in [1.29, 1.82) is 0 Å². The van der Waals surface area contributed by atoms with Crippen LogP contribution in [0.2, 0.25) is 0 Å². The molecule has 0 atom stereocenters. The van der Waals surface area contributed by atoms with E-state index >= 15 is 0 Å². The van der Waals surface area contributed by atoms with Gasteiger partial charge >= 0.3 is 0 Å². The monoisotopic (exact) mass is 441 g/mol. The van der Waals surface area contributed by atoms with E-state index in [0.29, 0.717) is 0 Å². The van der Waals surface area contributed by atoms with E-state index < -0.39 is 0 Å². The third-order valence-electron chi connectivity index (χ3n) is 5.34. The number of anilines is 1. The summed E-state index contributed by atoms with van der Waals surface area (Å²) >= 11 is 3.61. The number of rotatable bonds is 5. The normalized spacial score (nSPS) is 16.1. The highest BCUT2D eigenvalue weighted by atomic mass is 79.9. The molecule has 146 valence electrons. The Hall–Kier alpha value is -2.25. The van der Waals surface area contributed by atoms with E-state index in [4.69, 9.17) is 9.72 Å². The lowest BCUT2D eigenvalue weighted by atomic mass is 9.74. The molecule has 28 heavy (non-hydrogen) atoms. The fraction of sp³-hybridized carbons (Fsp3) is 0.381. The minimum absolute atomic E-state index is 0.0118. The van der Waals surface area contributed by atoms with Gasteiger partial charge in [0.1, 0.15) is 5.82 Å². The van der Waals surface area contributed by atoms with Gasteiger partial charge in [-0.15, -0.1) is 0 Å². The molecule has 3 aromatic rings. The number of ether oxygens (including phenoxy) is 1. The molecule has 0 bridgehead atoms. The minimum atomic E-state index is 0.0118. The van der Waals surface area contributed by atoms with E-state index in [2.05, 4.69) is 55.6 Å². The van der Waals surface area contributed by atoms with Gasteiger partial charge < -0.3 is 10.1 Å². The smallest absolute Gasteiger partial charge is 0.174 e. The number of hydrogen-bond acceptors (Lipinski definition) is 5. The van der Waals surface area contributed by atoms with Crippen LogP contribution in [0.15, 0.2) is 47.2 Å². The molecule has 1 saturated heterocycles. The predicted octanol–water partition coefficient (Wildman–Crippen LogP) is 4.20. The van der Waals surface area contributed by atoms with Crippen LogP contribution in [0.1, 0.15) is 29.8 Å². The molecule has 1 aliphatic rings. The van der Waals surface area contributed by atoms with Crippen molar-refractivity contribution in [3.05, 3.63) is 64.1 Å². The van der Waals surface area contributed by atoms with Gasteiger partial charge in [-0.25, -0.2) is 9.67 Å². The number of nitrogens with one attached hydrogen (secondary N) is 1.